The first-order valence-electron chi connectivity index (χ1n) is 9.65. The standard InChI is InChI=1S/C22H23F6N3O/c1-31(2)10-6-9-29-19(16-7-4-3-5-8-16)20(32)30-14-15-11-17(21(23,24)25)13-18(12-15)22(26,27)28/h3-5,7-9,11-13,19H,6,10,14H2,1-2H3,(H,30,32)/t19-/m0/s1. The Morgan fingerprint density at radius 2 is 1.56 bits per heavy atom. The lowest BCUT2D eigenvalue weighted by Crippen LogP contribution is -2.28. The minimum Gasteiger partial charge on any atom is -0.350 e. The Kier molecular flexibility index (Phi) is 8.43. The van der Waals surface area contributed by atoms with Crippen LogP contribution in [-0.2, 0) is 23.7 Å². The van der Waals surface area contributed by atoms with Crippen molar-refractivity contribution in [2.75, 3.05) is 20.6 Å². The molecule has 0 aliphatic heterocycles. The van der Waals surface area contributed by atoms with E-state index in [9.17, 15) is 31.1 Å². The van der Waals surface area contributed by atoms with Gasteiger partial charge >= 0.3 is 12.4 Å². The number of rotatable bonds is 8. The van der Waals surface area contributed by atoms with Crippen LogP contribution in [0.1, 0.15) is 34.7 Å². The Balaban J connectivity index is 2.23. The second kappa shape index (κ2) is 10.6. The van der Waals surface area contributed by atoms with Gasteiger partial charge in [-0.15, -0.1) is 0 Å². The molecule has 2 aromatic carbocycles. The van der Waals surface area contributed by atoms with E-state index in [4.69, 9.17) is 0 Å². The van der Waals surface area contributed by atoms with Gasteiger partial charge in [0.1, 0.15) is 0 Å². The molecule has 0 bridgehead atoms. The quantitative estimate of drug-likeness (QED) is 0.441. The molecule has 32 heavy (non-hydrogen) atoms. The van der Waals surface area contributed by atoms with Gasteiger partial charge in [-0.3, -0.25) is 9.79 Å². The molecule has 0 saturated heterocycles. The number of aliphatic imine (C=N–C) groups is 1. The minimum atomic E-state index is -4.96. The number of benzene rings is 2. The molecule has 174 valence electrons. The lowest BCUT2D eigenvalue weighted by atomic mass is 10.0. The minimum absolute atomic E-state index is 0.0487. The predicted octanol–water partition coefficient (Wildman–Crippen LogP) is 5.10. The van der Waals surface area contributed by atoms with E-state index in [-0.39, 0.29) is 11.6 Å². The molecule has 0 unspecified atom stereocenters. The van der Waals surface area contributed by atoms with Crippen molar-refractivity contribution in [2.24, 2.45) is 4.99 Å². The van der Waals surface area contributed by atoms with E-state index in [0.29, 0.717) is 30.7 Å². The first kappa shape index (κ1) is 25.4. The van der Waals surface area contributed by atoms with E-state index < -0.39 is 42.0 Å². The number of hydrogen-bond donors (Lipinski definition) is 1. The highest BCUT2D eigenvalue weighted by Crippen LogP contribution is 2.36. The van der Waals surface area contributed by atoms with Gasteiger partial charge in [0, 0.05) is 19.3 Å². The average molecular weight is 459 g/mol. The molecule has 2 rings (SSSR count). The molecule has 0 saturated carbocycles. The van der Waals surface area contributed by atoms with Crippen LogP contribution < -0.4 is 5.32 Å². The van der Waals surface area contributed by atoms with Gasteiger partial charge in [-0.1, -0.05) is 30.3 Å². The molecular formula is C22H23F6N3O. The summed E-state index contributed by atoms with van der Waals surface area (Å²) >= 11 is 0. The van der Waals surface area contributed by atoms with Crippen LogP contribution in [0.4, 0.5) is 26.3 Å². The molecule has 1 N–H and O–H groups in total. The number of amides is 1. The molecule has 10 heteroatoms. The predicted molar refractivity (Wildman–Crippen MR) is 109 cm³/mol. The van der Waals surface area contributed by atoms with Gasteiger partial charge < -0.3 is 10.2 Å². The monoisotopic (exact) mass is 459 g/mol. The van der Waals surface area contributed by atoms with Crippen LogP contribution in [0.2, 0.25) is 0 Å². The number of alkyl halides is 6. The summed E-state index contributed by atoms with van der Waals surface area (Å²) in [4.78, 5) is 18.9. The maximum absolute atomic E-state index is 13.0. The molecule has 0 spiro atoms. The van der Waals surface area contributed by atoms with Crippen LogP contribution in [-0.4, -0.2) is 37.7 Å². The molecule has 4 nitrogen and oxygen atoms in total. The third-order valence-electron chi connectivity index (χ3n) is 4.44. The molecular weight excluding hydrogens is 436 g/mol. The van der Waals surface area contributed by atoms with E-state index >= 15 is 0 Å². The number of nitrogens with zero attached hydrogens (tertiary/aromatic N) is 2. The summed E-state index contributed by atoms with van der Waals surface area (Å²) in [6.07, 6.45) is -7.78. The lowest BCUT2D eigenvalue weighted by molar-refractivity contribution is -0.143. The summed E-state index contributed by atoms with van der Waals surface area (Å²) in [6.45, 7) is 0.180. The van der Waals surface area contributed by atoms with Crippen LogP contribution >= 0.6 is 0 Å². The zero-order chi connectivity index (χ0) is 23.9. The highest BCUT2D eigenvalue weighted by Gasteiger charge is 2.36. The summed E-state index contributed by atoms with van der Waals surface area (Å²) in [7, 11) is 3.75. The van der Waals surface area contributed by atoms with Gasteiger partial charge in [-0.25, -0.2) is 0 Å². The fourth-order valence-corrected chi connectivity index (χ4v) is 2.84. The van der Waals surface area contributed by atoms with Crippen molar-refractivity contribution in [1.29, 1.82) is 0 Å². The van der Waals surface area contributed by atoms with Gasteiger partial charge in [0.05, 0.1) is 11.1 Å². The van der Waals surface area contributed by atoms with E-state index in [0.717, 1.165) is 0 Å². The van der Waals surface area contributed by atoms with Crippen LogP contribution in [0.25, 0.3) is 0 Å². The molecule has 0 radical (unpaired) electrons. The zero-order valence-corrected chi connectivity index (χ0v) is 17.5. The maximum atomic E-state index is 13.0. The third kappa shape index (κ3) is 7.67. The molecule has 0 aromatic heterocycles. The number of nitrogens with one attached hydrogen (secondary N) is 1. The van der Waals surface area contributed by atoms with Crippen LogP contribution in [0.5, 0.6) is 0 Å². The Labute approximate surface area is 181 Å². The SMILES string of the molecule is CN(C)CCC=N[C@H](C(=O)NCc1cc(C(F)(F)F)cc(C(F)(F)F)c1)c1ccccc1. The van der Waals surface area contributed by atoms with Crippen molar-refractivity contribution < 1.29 is 31.1 Å². The lowest BCUT2D eigenvalue weighted by Gasteiger charge is -2.16. The molecule has 0 aliphatic carbocycles. The number of halogens is 6. The molecule has 1 amide bonds. The smallest absolute Gasteiger partial charge is 0.350 e. The normalized spacial score (nSPS) is 13.5. The Hall–Kier alpha value is -2.88. The summed E-state index contributed by atoms with van der Waals surface area (Å²) in [6, 6.07) is 8.73. The fourth-order valence-electron chi connectivity index (χ4n) is 2.84. The second-order valence-electron chi connectivity index (χ2n) is 7.37. The van der Waals surface area contributed by atoms with Crippen LogP contribution in [0.15, 0.2) is 53.5 Å². The summed E-state index contributed by atoms with van der Waals surface area (Å²) in [5, 5.41) is 2.41. The van der Waals surface area contributed by atoms with Crippen molar-refractivity contribution in [2.45, 2.75) is 31.4 Å². The van der Waals surface area contributed by atoms with E-state index in [1.807, 2.05) is 19.0 Å². The second-order valence-corrected chi connectivity index (χ2v) is 7.37. The number of carbonyl (C=O) groups is 1. The van der Waals surface area contributed by atoms with Gasteiger partial charge in [-0.05, 0) is 49.8 Å². The Bertz CT molecular complexity index is 891. The highest BCUT2D eigenvalue weighted by atomic mass is 19.4. The summed E-state index contributed by atoms with van der Waals surface area (Å²) in [5.74, 6) is -0.636. The van der Waals surface area contributed by atoms with Gasteiger partial charge in [0.25, 0.3) is 0 Å². The Morgan fingerprint density at radius 3 is 2.06 bits per heavy atom. The van der Waals surface area contributed by atoms with Gasteiger partial charge in [0.15, 0.2) is 6.04 Å². The van der Waals surface area contributed by atoms with Crippen LogP contribution in [0.3, 0.4) is 0 Å². The van der Waals surface area contributed by atoms with Crippen molar-refractivity contribution in [1.82, 2.24) is 10.2 Å². The molecule has 0 aliphatic rings. The zero-order valence-electron chi connectivity index (χ0n) is 17.5. The average Bonchev–Trinajstić information content (AvgIpc) is 2.71. The third-order valence-corrected chi connectivity index (χ3v) is 4.44. The van der Waals surface area contributed by atoms with Gasteiger partial charge in [0.2, 0.25) is 5.91 Å². The molecule has 0 fully saturated rings. The van der Waals surface area contributed by atoms with E-state index in [2.05, 4.69) is 10.3 Å². The van der Waals surface area contributed by atoms with E-state index in [1.54, 1.807) is 36.5 Å². The van der Waals surface area contributed by atoms with Crippen molar-refractivity contribution >= 4 is 12.1 Å². The fraction of sp³-hybridized carbons (Fsp3) is 0.364. The van der Waals surface area contributed by atoms with Crippen molar-refractivity contribution in [3.8, 4) is 0 Å². The largest absolute Gasteiger partial charge is 0.416 e. The molecule has 1 atom stereocenters. The number of hydrogen-bond acceptors (Lipinski definition) is 3. The first-order chi connectivity index (χ1) is 14.9. The van der Waals surface area contributed by atoms with Crippen molar-refractivity contribution in [3.05, 3.63) is 70.8 Å². The Morgan fingerprint density at radius 1 is 1.00 bits per heavy atom. The topological polar surface area (TPSA) is 44.7 Å². The molecule has 2 aromatic rings. The van der Waals surface area contributed by atoms with Gasteiger partial charge in [-0.2, -0.15) is 26.3 Å². The van der Waals surface area contributed by atoms with Crippen LogP contribution in [0, 0.1) is 0 Å². The van der Waals surface area contributed by atoms with Crippen molar-refractivity contribution in [3.63, 3.8) is 0 Å². The maximum Gasteiger partial charge on any atom is 0.416 e. The summed E-state index contributed by atoms with van der Waals surface area (Å²) in [5.41, 5.74) is -2.63. The first-order valence-corrected chi connectivity index (χ1v) is 9.65. The molecule has 0 heterocycles. The number of carbonyl (C=O) groups excluding carboxylic acids is 1. The van der Waals surface area contributed by atoms with E-state index in [1.165, 1.54) is 0 Å². The highest BCUT2D eigenvalue weighted by molar-refractivity contribution is 5.84. The summed E-state index contributed by atoms with van der Waals surface area (Å²) < 4.78 is 78.2.